The Balaban J connectivity index is 1.36. The van der Waals surface area contributed by atoms with E-state index in [1.54, 1.807) is 18.3 Å². The van der Waals surface area contributed by atoms with Gasteiger partial charge in [0.25, 0.3) is 5.91 Å². The van der Waals surface area contributed by atoms with E-state index in [0.29, 0.717) is 27.7 Å². The van der Waals surface area contributed by atoms with Crippen molar-refractivity contribution in [3.05, 3.63) is 69.2 Å². The van der Waals surface area contributed by atoms with Crippen LogP contribution in [0.1, 0.15) is 30.5 Å². The largest absolute Gasteiger partial charge is 0.416 e. The number of aliphatic imine (C=N–C) groups is 1. The molecular formula is C25H23ClF3N5OS. The maximum Gasteiger partial charge on any atom is 0.416 e. The summed E-state index contributed by atoms with van der Waals surface area (Å²) in [6.07, 6.45) is -1.12. The van der Waals surface area contributed by atoms with E-state index in [-0.39, 0.29) is 23.0 Å². The van der Waals surface area contributed by atoms with E-state index < -0.39 is 11.7 Å². The van der Waals surface area contributed by atoms with Crippen molar-refractivity contribution in [1.82, 2.24) is 20.0 Å². The topological polar surface area (TPSA) is 62.5 Å². The van der Waals surface area contributed by atoms with Crippen LogP contribution < -0.4 is 5.32 Å². The summed E-state index contributed by atoms with van der Waals surface area (Å²) in [5.74, 6) is -0.271. The molecule has 2 atom stereocenters. The lowest BCUT2D eigenvalue weighted by Crippen LogP contribution is -2.55. The molecule has 0 spiro atoms. The zero-order chi connectivity index (χ0) is 25.6. The van der Waals surface area contributed by atoms with Gasteiger partial charge in [0.05, 0.1) is 28.7 Å². The number of rotatable bonds is 3. The summed E-state index contributed by atoms with van der Waals surface area (Å²) < 4.78 is 42.0. The van der Waals surface area contributed by atoms with Crippen LogP contribution in [0.15, 0.2) is 52.5 Å². The second-order valence-electron chi connectivity index (χ2n) is 9.10. The number of amides is 1. The van der Waals surface area contributed by atoms with Crippen LogP contribution in [0.3, 0.4) is 0 Å². The Morgan fingerprint density at radius 1 is 1.17 bits per heavy atom. The Hall–Kier alpha value is -2.82. The third kappa shape index (κ3) is 5.16. The molecule has 1 amide bonds. The number of nitrogens with zero attached hydrogens (tertiary/aromatic N) is 4. The molecule has 36 heavy (non-hydrogen) atoms. The van der Waals surface area contributed by atoms with Gasteiger partial charge >= 0.3 is 6.18 Å². The summed E-state index contributed by atoms with van der Waals surface area (Å²) in [7, 11) is 0. The number of alkyl halides is 3. The van der Waals surface area contributed by atoms with Crippen molar-refractivity contribution in [1.29, 1.82) is 0 Å². The summed E-state index contributed by atoms with van der Waals surface area (Å²) in [4.78, 5) is 19.5. The first-order valence-electron chi connectivity index (χ1n) is 11.4. The van der Waals surface area contributed by atoms with E-state index in [2.05, 4.69) is 34.2 Å². The lowest BCUT2D eigenvalue weighted by atomic mass is 10.1. The summed E-state index contributed by atoms with van der Waals surface area (Å²) in [6, 6.07) is 9.83. The number of carbonyl (C=O) groups is 1. The van der Waals surface area contributed by atoms with Crippen LogP contribution in [-0.4, -0.2) is 50.9 Å². The molecule has 6 nitrogen and oxygen atoms in total. The molecular weight excluding hydrogens is 511 g/mol. The van der Waals surface area contributed by atoms with Crippen LogP contribution >= 0.6 is 23.4 Å². The zero-order valence-electron chi connectivity index (χ0n) is 19.5. The molecule has 11 heteroatoms. The normalized spacial score (nSPS) is 22.1. The quantitative estimate of drug-likeness (QED) is 0.456. The van der Waals surface area contributed by atoms with Crippen LogP contribution in [0.25, 0.3) is 17.0 Å². The van der Waals surface area contributed by atoms with E-state index in [1.165, 1.54) is 28.6 Å². The van der Waals surface area contributed by atoms with Crippen molar-refractivity contribution in [2.45, 2.75) is 38.7 Å². The van der Waals surface area contributed by atoms with Crippen molar-refractivity contribution in [3.63, 3.8) is 0 Å². The third-order valence-corrected chi connectivity index (χ3v) is 7.38. The molecule has 1 aromatic heterocycles. The maximum atomic E-state index is 13.5. The van der Waals surface area contributed by atoms with E-state index in [4.69, 9.17) is 11.6 Å². The molecule has 2 aliphatic rings. The Kier molecular flexibility index (Phi) is 6.61. The van der Waals surface area contributed by atoms with Gasteiger partial charge in [-0.05, 0) is 67.1 Å². The highest BCUT2D eigenvalue weighted by atomic mass is 35.5. The number of piperazine rings is 1. The molecule has 1 fully saturated rings. The number of hydrogen-bond acceptors (Lipinski definition) is 5. The van der Waals surface area contributed by atoms with Gasteiger partial charge in [0.2, 0.25) is 0 Å². The second-order valence-corrected chi connectivity index (χ2v) is 10.5. The average molecular weight is 534 g/mol. The Bertz CT molecular complexity index is 1390. The predicted octanol–water partition coefficient (Wildman–Crippen LogP) is 5.41. The van der Waals surface area contributed by atoms with E-state index in [1.807, 2.05) is 12.1 Å². The summed E-state index contributed by atoms with van der Waals surface area (Å²) >= 11 is 7.16. The lowest BCUT2D eigenvalue weighted by molar-refractivity contribution is -0.138. The van der Waals surface area contributed by atoms with Gasteiger partial charge in [-0.15, -0.1) is 0 Å². The molecule has 2 aliphatic heterocycles. The maximum absolute atomic E-state index is 13.5. The van der Waals surface area contributed by atoms with E-state index >= 15 is 0 Å². The molecule has 2 unspecified atom stereocenters. The highest BCUT2D eigenvalue weighted by Gasteiger charge is 2.34. The van der Waals surface area contributed by atoms with E-state index in [9.17, 15) is 18.0 Å². The number of aromatic nitrogens is 2. The fraction of sp³-hybridized carbons (Fsp3) is 0.320. The van der Waals surface area contributed by atoms with Crippen molar-refractivity contribution >= 4 is 51.4 Å². The molecule has 0 bridgehead atoms. The summed E-state index contributed by atoms with van der Waals surface area (Å²) in [5, 5.41) is 9.27. The predicted molar refractivity (Wildman–Crippen MR) is 137 cm³/mol. The van der Waals surface area contributed by atoms with Gasteiger partial charge < -0.3 is 10.2 Å². The standard InChI is InChI=1S/C25H23ClF3N5OS/c1-14-11-33(12-15(2)31-14)24-32-23(35)22(36-24)8-16-3-6-21-18(7-16)10-30-34(21)13-17-4-5-19(26)9-20(17)25(27,28)29/h3-10,14-15,31H,11-13H2,1-2H3. The zero-order valence-corrected chi connectivity index (χ0v) is 21.1. The SMILES string of the molecule is CC1CN(C2=NC(=O)C(=Cc3ccc4c(cnn4Cc4ccc(Cl)cc4C(F)(F)F)c3)S2)CC(C)N1. The Morgan fingerprint density at radius 2 is 1.92 bits per heavy atom. The fourth-order valence-electron chi connectivity index (χ4n) is 4.60. The number of fused-ring (bicyclic) bond motifs is 1. The van der Waals surface area contributed by atoms with Crippen molar-refractivity contribution in [2.75, 3.05) is 13.1 Å². The first-order valence-corrected chi connectivity index (χ1v) is 12.6. The molecule has 0 saturated carbocycles. The molecule has 0 aliphatic carbocycles. The smallest absolute Gasteiger partial charge is 0.348 e. The van der Waals surface area contributed by atoms with Gasteiger partial charge in [-0.2, -0.15) is 23.3 Å². The summed E-state index contributed by atoms with van der Waals surface area (Å²) in [6.45, 7) is 5.72. The van der Waals surface area contributed by atoms with Gasteiger partial charge in [0.1, 0.15) is 0 Å². The van der Waals surface area contributed by atoms with Crippen LogP contribution in [0.4, 0.5) is 13.2 Å². The Labute approximate surface area is 215 Å². The molecule has 1 saturated heterocycles. The molecule has 5 rings (SSSR count). The minimum absolute atomic E-state index is 0.0292. The first-order chi connectivity index (χ1) is 17.1. The first kappa shape index (κ1) is 24.9. The van der Waals surface area contributed by atoms with Gasteiger partial charge in [-0.25, -0.2) is 0 Å². The minimum Gasteiger partial charge on any atom is -0.348 e. The molecule has 0 radical (unpaired) electrons. The highest BCUT2D eigenvalue weighted by Crippen LogP contribution is 2.35. The monoisotopic (exact) mass is 533 g/mol. The Morgan fingerprint density at radius 3 is 2.64 bits per heavy atom. The fourth-order valence-corrected chi connectivity index (χ4v) is 5.70. The van der Waals surface area contributed by atoms with E-state index in [0.717, 1.165) is 30.1 Å². The number of nitrogens with one attached hydrogen (secondary N) is 1. The summed E-state index contributed by atoms with van der Waals surface area (Å²) in [5.41, 5.74) is 0.781. The lowest BCUT2D eigenvalue weighted by Gasteiger charge is -2.36. The number of benzene rings is 2. The van der Waals surface area contributed by atoms with Gasteiger partial charge in [0, 0.05) is 35.6 Å². The minimum atomic E-state index is -4.52. The number of halogens is 4. The van der Waals surface area contributed by atoms with Gasteiger partial charge in [-0.3, -0.25) is 9.48 Å². The van der Waals surface area contributed by atoms with Crippen molar-refractivity contribution in [2.24, 2.45) is 4.99 Å². The second kappa shape index (κ2) is 9.57. The molecule has 3 heterocycles. The molecule has 3 aromatic rings. The highest BCUT2D eigenvalue weighted by molar-refractivity contribution is 8.18. The van der Waals surface area contributed by atoms with Gasteiger partial charge in [0.15, 0.2) is 5.17 Å². The van der Waals surface area contributed by atoms with Gasteiger partial charge in [-0.1, -0.05) is 23.7 Å². The average Bonchev–Trinajstić information content (AvgIpc) is 3.37. The third-order valence-electron chi connectivity index (χ3n) is 6.10. The molecule has 1 N–H and O–H groups in total. The van der Waals surface area contributed by atoms with Crippen LogP contribution in [-0.2, 0) is 17.5 Å². The molecule has 188 valence electrons. The molecule has 2 aromatic carbocycles. The number of hydrogen-bond donors (Lipinski definition) is 1. The van der Waals surface area contributed by atoms with Crippen LogP contribution in [0.2, 0.25) is 5.02 Å². The van der Waals surface area contributed by atoms with Crippen LogP contribution in [0, 0.1) is 0 Å². The number of carbonyl (C=O) groups excluding carboxylic acids is 1. The van der Waals surface area contributed by atoms with Crippen molar-refractivity contribution < 1.29 is 18.0 Å². The number of amidine groups is 1. The van der Waals surface area contributed by atoms with Crippen LogP contribution in [0.5, 0.6) is 0 Å². The van der Waals surface area contributed by atoms with Crippen molar-refractivity contribution in [3.8, 4) is 0 Å². The number of thioether (sulfide) groups is 1.